The smallest absolute Gasteiger partial charge is 0.344 e. The highest BCUT2D eigenvalue weighted by Crippen LogP contribution is 2.37. The minimum absolute atomic E-state index is 0.241. The monoisotopic (exact) mass is 377 g/mol. The molecule has 0 saturated heterocycles. The Bertz CT molecular complexity index is 1070. The molecule has 0 aliphatic heterocycles. The van der Waals surface area contributed by atoms with Crippen LogP contribution < -0.4 is 0 Å². The molecule has 0 fully saturated rings. The van der Waals surface area contributed by atoms with Gasteiger partial charge in [-0.05, 0) is 55.2 Å². The maximum Gasteiger partial charge on any atom is 0.344 e. The van der Waals surface area contributed by atoms with E-state index in [0.717, 1.165) is 29.0 Å². The second-order valence-corrected chi connectivity index (χ2v) is 6.40. The molecule has 142 valence electrons. The van der Waals surface area contributed by atoms with E-state index in [1.54, 1.807) is 13.2 Å². The molecule has 0 unspecified atom stereocenters. The summed E-state index contributed by atoms with van der Waals surface area (Å²) in [4.78, 5) is 29.2. The number of carbonyl (C=O) groups excluding carboxylic acids is 2. The number of para-hydroxylation sites is 1. The van der Waals surface area contributed by atoms with Crippen LogP contribution in [0.25, 0.3) is 22.6 Å². The lowest BCUT2D eigenvalue weighted by Gasteiger charge is -2.12. The van der Waals surface area contributed by atoms with E-state index in [0.29, 0.717) is 22.9 Å². The Hall–Kier alpha value is -3.41. The van der Waals surface area contributed by atoms with Crippen LogP contribution in [0.15, 0.2) is 47.1 Å². The van der Waals surface area contributed by atoms with Crippen molar-refractivity contribution in [3.05, 3.63) is 65.2 Å². The van der Waals surface area contributed by atoms with Crippen LogP contribution in [-0.2, 0) is 20.7 Å². The van der Waals surface area contributed by atoms with E-state index in [-0.39, 0.29) is 6.61 Å². The predicted octanol–water partition coefficient (Wildman–Crippen LogP) is 4.03. The summed E-state index contributed by atoms with van der Waals surface area (Å²) in [5.41, 5.74) is 3.79. The summed E-state index contributed by atoms with van der Waals surface area (Å²) in [5.74, 6) is -0.365. The average molecular weight is 377 g/mol. The van der Waals surface area contributed by atoms with Crippen LogP contribution >= 0.6 is 0 Å². The highest BCUT2D eigenvalue weighted by molar-refractivity contribution is 6.07. The average Bonchev–Trinajstić information content (AvgIpc) is 3.35. The summed E-state index contributed by atoms with van der Waals surface area (Å²) in [6.45, 7) is 1.54. The molecule has 3 aromatic rings. The molecule has 4 rings (SSSR count). The van der Waals surface area contributed by atoms with Gasteiger partial charge in [-0.15, -0.1) is 0 Å². The van der Waals surface area contributed by atoms with Crippen LogP contribution in [0.3, 0.4) is 0 Å². The number of furan rings is 1. The number of nitrogens with zero attached hydrogens (tertiary/aromatic N) is 1. The maximum atomic E-state index is 12.9. The molecule has 0 N–H and O–H groups in total. The van der Waals surface area contributed by atoms with Gasteiger partial charge in [-0.3, -0.25) is 0 Å². The fourth-order valence-corrected chi connectivity index (χ4v) is 3.46. The first-order valence-corrected chi connectivity index (χ1v) is 9.16. The highest BCUT2D eigenvalue weighted by Gasteiger charge is 2.28. The number of allylic oxidation sites excluding steroid dienone is 1. The number of rotatable bonds is 5. The molecule has 2 heterocycles. The van der Waals surface area contributed by atoms with Gasteiger partial charge < -0.3 is 13.9 Å². The molecular formula is C22H19NO5. The molecule has 0 saturated carbocycles. The predicted molar refractivity (Wildman–Crippen MR) is 104 cm³/mol. The minimum Gasteiger partial charge on any atom is -0.465 e. The third-order valence-electron chi connectivity index (χ3n) is 4.63. The lowest BCUT2D eigenvalue weighted by Crippen LogP contribution is -2.18. The number of pyridine rings is 1. The first-order valence-electron chi connectivity index (χ1n) is 9.16. The first-order chi connectivity index (χ1) is 13.7. The quantitative estimate of drug-likeness (QED) is 0.625. The number of fused-ring (bicyclic) bond motifs is 2. The van der Waals surface area contributed by atoms with E-state index in [2.05, 4.69) is 0 Å². The topological polar surface area (TPSA) is 78.6 Å². The summed E-state index contributed by atoms with van der Waals surface area (Å²) in [6, 6.07) is 11.1. The van der Waals surface area contributed by atoms with Gasteiger partial charge in [-0.25, -0.2) is 14.6 Å². The van der Waals surface area contributed by atoms with Gasteiger partial charge in [0.15, 0.2) is 6.61 Å². The molecular weight excluding hydrogens is 358 g/mol. The zero-order chi connectivity index (χ0) is 19.5. The molecule has 6 heteroatoms. The number of hydrogen-bond acceptors (Lipinski definition) is 6. The van der Waals surface area contributed by atoms with Gasteiger partial charge in [-0.1, -0.05) is 18.2 Å². The summed E-state index contributed by atoms with van der Waals surface area (Å²) in [6.07, 6.45) is 4.98. The fourth-order valence-electron chi connectivity index (χ4n) is 3.46. The van der Waals surface area contributed by atoms with Crippen molar-refractivity contribution in [2.24, 2.45) is 0 Å². The third-order valence-corrected chi connectivity index (χ3v) is 4.63. The number of esters is 2. The van der Waals surface area contributed by atoms with Gasteiger partial charge >= 0.3 is 11.9 Å². The first kappa shape index (κ1) is 18.0. The summed E-state index contributed by atoms with van der Waals surface area (Å²) < 4.78 is 15.5. The molecule has 0 amide bonds. The van der Waals surface area contributed by atoms with E-state index in [1.165, 1.54) is 0 Å². The number of hydrogen-bond donors (Lipinski definition) is 0. The van der Waals surface area contributed by atoms with Gasteiger partial charge in [0.1, 0.15) is 5.76 Å². The SMILES string of the molecule is CCOC(=O)COC(=O)c1c2c(nc3ccccc13)/C(=C/c1ccco1)CC2. The van der Waals surface area contributed by atoms with Gasteiger partial charge in [0.2, 0.25) is 0 Å². The Morgan fingerprint density at radius 2 is 2.00 bits per heavy atom. The molecule has 1 aliphatic rings. The Morgan fingerprint density at radius 3 is 2.79 bits per heavy atom. The number of aromatic nitrogens is 1. The van der Waals surface area contributed by atoms with Crippen molar-refractivity contribution < 1.29 is 23.5 Å². The third kappa shape index (κ3) is 3.41. The molecule has 1 aliphatic carbocycles. The largest absolute Gasteiger partial charge is 0.465 e. The van der Waals surface area contributed by atoms with Crippen molar-refractivity contribution in [1.82, 2.24) is 4.98 Å². The molecule has 0 radical (unpaired) electrons. The summed E-state index contributed by atoms with van der Waals surface area (Å²) in [5, 5.41) is 0.717. The molecule has 1 aromatic carbocycles. The van der Waals surface area contributed by atoms with E-state index >= 15 is 0 Å². The number of benzene rings is 1. The molecule has 2 aromatic heterocycles. The van der Waals surface area contributed by atoms with E-state index in [9.17, 15) is 9.59 Å². The second-order valence-electron chi connectivity index (χ2n) is 6.40. The van der Waals surface area contributed by atoms with Crippen molar-refractivity contribution in [3.63, 3.8) is 0 Å². The maximum absolute atomic E-state index is 12.9. The van der Waals surface area contributed by atoms with Crippen molar-refractivity contribution >= 4 is 34.5 Å². The molecule has 6 nitrogen and oxygen atoms in total. The normalized spacial score (nSPS) is 14.2. The molecule has 0 bridgehead atoms. The lowest BCUT2D eigenvalue weighted by molar-refractivity contribution is -0.146. The second kappa shape index (κ2) is 7.68. The van der Waals surface area contributed by atoms with Crippen molar-refractivity contribution in [3.8, 4) is 0 Å². The van der Waals surface area contributed by atoms with Gasteiger partial charge in [0.25, 0.3) is 0 Å². The zero-order valence-electron chi connectivity index (χ0n) is 15.4. The Balaban J connectivity index is 1.76. The van der Waals surface area contributed by atoms with Crippen LogP contribution in [0.2, 0.25) is 0 Å². The van der Waals surface area contributed by atoms with Gasteiger partial charge in [0, 0.05) is 5.39 Å². The van der Waals surface area contributed by atoms with Crippen molar-refractivity contribution in [2.45, 2.75) is 19.8 Å². The summed E-state index contributed by atoms with van der Waals surface area (Å²) >= 11 is 0. The molecule has 28 heavy (non-hydrogen) atoms. The Morgan fingerprint density at radius 1 is 1.14 bits per heavy atom. The van der Waals surface area contributed by atoms with Crippen LogP contribution in [-0.4, -0.2) is 30.1 Å². The van der Waals surface area contributed by atoms with E-state index < -0.39 is 18.5 Å². The van der Waals surface area contributed by atoms with Gasteiger partial charge in [-0.2, -0.15) is 0 Å². The standard InChI is InChI=1S/C22H19NO5/c1-2-26-19(24)13-28-22(25)20-16-7-3-4-8-18(16)23-21-14(9-10-17(20)21)12-15-6-5-11-27-15/h3-8,11-12H,2,9-10,13H2,1H3/b14-12+. The van der Waals surface area contributed by atoms with Crippen LogP contribution in [0.1, 0.15) is 40.7 Å². The highest BCUT2D eigenvalue weighted by atomic mass is 16.6. The molecule has 0 spiro atoms. The Kier molecular flexibility index (Phi) is 4.93. The van der Waals surface area contributed by atoms with Crippen LogP contribution in [0.4, 0.5) is 0 Å². The minimum atomic E-state index is -0.565. The number of carbonyl (C=O) groups is 2. The fraction of sp³-hybridized carbons (Fsp3) is 0.227. The molecule has 0 atom stereocenters. The summed E-state index contributed by atoms with van der Waals surface area (Å²) in [7, 11) is 0. The van der Waals surface area contributed by atoms with Crippen molar-refractivity contribution in [1.29, 1.82) is 0 Å². The van der Waals surface area contributed by atoms with Crippen molar-refractivity contribution in [2.75, 3.05) is 13.2 Å². The van der Waals surface area contributed by atoms with E-state index in [1.807, 2.05) is 42.5 Å². The zero-order valence-corrected chi connectivity index (χ0v) is 15.4. The van der Waals surface area contributed by atoms with Crippen LogP contribution in [0, 0.1) is 0 Å². The Labute approximate surface area is 161 Å². The van der Waals surface area contributed by atoms with Crippen LogP contribution in [0.5, 0.6) is 0 Å². The van der Waals surface area contributed by atoms with Gasteiger partial charge in [0.05, 0.1) is 29.6 Å². The number of ether oxygens (including phenoxy) is 2. The lowest BCUT2D eigenvalue weighted by atomic mass is 10.0. The van der Waals surface area contributed by atoms with E-state index in [4.69, 9.17) is 18.9 Å².